The highest BCUT2D eigenvalue weighted by atomic mass is 32.2. The van der Waals surface area contributed by atoms with Gasteiger partial charge in [-0.3, -0.25) is 9.59 Å². The molecule has 3 rings (SSSR count). The van der Waals surface area contributed by atoms with Crippen molar-refractivity contribution in [1.82, 2.24) is 5.32 Å². The van der Waals surface area contributed by atoms with Gasteiger partial charge in [0.15, 0.2) is 0 Å². The van der Waals surface area contributed by atoms with Crippen molar-refractivity contribution >= 4 is 23.6 Å². The van der Waals surface area contributed by atoms with Crippen molar-refractivity contribution in [2.45, 2.75) is 35.4 Å². The van der Waals surface area contributed by atoms with Crippen molar-refractivity contribution in [3.05, 3.63) is 65.2 Å². The SMILES string of the molecule is CC(Sc1ccccc1C(=O)NC1CC1c1c(F)cccc1F)C(=O)O. The predicted octanol–water partition coefficient (Wildman–Crippen LogP) is 3.82. The van der Waals surface area contributed by atoms with E-state index in [1.54, 1.807) is 31.2 Å². The summed E-state index contributed by atoms with van der Waals surface area (Å²) in [7, 11) is 0. The Morgan fingerprint density at radius 2 is 1.81 bits per heavy atom. The third-order valence-electron chi connectivity index (χ3n) is 4.26. The molecule has 0 heterocycles. The van der Waals surface area contributed by atoms with E-state index in [2.05, 4.69) is 5.32 Å². The van der Waals surface area contributed by atoms with Crippen molar-refractivity contribution in [1.29, 1.82) is 0 Å². The summed E-state index contributed by atoms with van der Waals surface area (Å²) in [4.78, 5) is 24.1. The first-order valence-corrected chi connectivity index (χ1v) is 8.99. The number of carboxylic acids is 1. The number of nitrogens with one attached hydrogen (secondary N) is 1. The molecule has 1 aliphatic carbocycles. The van der Waals surface area contributed by atoms with Crippen LogP contribution in [0.1, 0.15) is 35.2 Å². The third-order valence-corrected chi connectivity index (χ3v) is 5.43. The second-order valence-electron chi connectivity index (χ2n) is 6.15. The Bertz CT molecular complexity index is 838. The van der Waals surface area contributed by atoms with Gasteiger partial charge in [-0.1, -0.05) is 18.2 Å². The van der Waals surface area contributed by atoms with Gasteiger partial charge in [-0.2, -0.15) is 0 Å². The van der Waals surface area contributed by atoms with E-state index in [0.717, 1.165) is 11.8 Å². The van der Waals surface area contributed by atoms with Gasteiger partial charge in [0.05, 0.1) is 5.56 Å². The average molecular weight is 377 g/mol. The summed E-state index contributed by atoms with van der Waals surface area (Å²) < 4.78 is 27.7. The van der Waals surface area contributed by atoms with Gasteiger partial charge in [0.25, 0.3) is 5.91 Å². The maximum atomic E-state index is 13.8. The largest absolute Gasteiger partial charge is 0.480 e. The van der Waals surface area contributed by atoms with Gasteiger partial charge < -0.3 is 10.4 Å². The van der Waals surface area contributed by atoms with Gasteiger partial charge >= 0.3 is 5.97 Å². The van der Waals surface area contributed by atoms with Gasteiger partial charge in [0.1, 0.15) is 16.9 Å². The summed E-state index contributed by atoms with van der Waals surface area (Å²) in [6.07, 6.45) is 0.463. The number of carboxylic acid groups (broad SMARTS) is 1. The molecule has 1 fully saturated rings. The summed E-state index contributed by atoms with van der Waals surface area (Å²) >= 11 is 1.08. The van der Waals surface area contributed by atoms with Crippen LogP contribution in [0.5, 0.6) is 0 Å². The molecule has 0 radical (unpaired) electrons. The summed E-state index contributed by atoms with van der Waals surface area (Å²) in [6, 6.07) is 10.1. The van der Waals surface area contributed by atoms with Crippen LogP contribution in [0, 0.1) is 11.6 Å². The number of halogens is 2. The molecule has 1 saturated carbocycles. The fraction of sp³-hybridized carbons (Fsp3) is 0.263. The third kappa shape index (κ3) is 3.88. The Balaban J connectivity index is 1.71. The Labute approximate surface area is 153 Å². The van der Waals surface area contributed by atoms with Crippen molar-refractivity contribution in [3.8, 4) is 0 Å². The lowest BCUT2D eigenvalue weighted by Crippen LogP contribution is -2.27. The van der Waals surface area contributed by atoms with Gasteiger partial charge in [0, 0.05) is 22.4 Å². The molecule has 2 aromatic rings. The number of hydrogen-bond donors (Lipinski definition) is 2. The molecule has 0 spiro atoms. The molecular weight excluding hydrogens is 360 g/mol. The van der Waals surface area contributed by atoms with Crippen molar-refractivity contribution in [2.24, 2.45) is 0 Å². The van der Waals surface area contributed by atoms with E-state index in [9.17, 15) is 18.4 Å². The van der Waals surface area contributed by atoms with Crippen LogP contribution in [0.4, 0.5) is 8.78 Å². The van der Waals surface area contributed by atoms with E-state index in [1.165, 1.54) is 18.2 Å². The molecule has 0 aliphatic heterocycles. The number of rotatable bonds is 6. The summed E-state index contributed by atoms with van der Waals surface area (Å²) in [5, 5.41) is 11.1. The number of hydrogen-bond acceptors (Lipinski definition) is 3. The molecule has 136 valence electrons. The maximum absolute atomic E-state index is 13.8. The van der Waals surface area contributed by atoms with Crippen LogP contribution >= 0.6 is 11.8 Å². The number of carbonyl (C=O) groups excluding carboxylic acids is 1. The van der Waals surface area contributed by atoms with E-state index in [-0.39, 0.29) is 17.5 Å². The lowest BCUT2D eigenvalue weighted by atomic mass is 10.1. The highest BCUT2D eigenvalue weighted by Gasteiger charge is 2.43. The minimum Gasteiger partial charge on any atom is -0.480 e. The molecule has 1 aliphatic rings. The number of carbonyl (C=O) groups is 2. The summed E-state index contributed by atoms with van der Waals surface area (Å²) in [5.74, 6) is -2.97. The highest BCUT2D eigenvalue weighted by Crippen LogP contribution is 2.43. The highest BCUT2D eigenvalue weighted by molar-refractivity contribution is 8.00. The zero-order valence-corrected chi connectivity index (χ0v) is 14.7. The minimum absolute atomic E-state index is 0.0000374. The van der Waals surface area contributed by atoms with Crippen LogP contribution in [0.25, 0.3) is 0 Å². The van der Waals surface area contributed by atoms with Crippen molar-refractivity contribution < 1.29 is 23.5 Å². The monoisotopic (exact) mass is 377 g/mol. The Kier molecular flexibility index (Phi) is 5.27. The smallest absolute Gasteiger partial charge is 0.316 e. The molecule has 1 amide bonds. The minimum atomic E-state index is -0.970. The maximum Gasteiger partial charge on any atom is 0.316 e. The molecule has 26 heavy (non-hydrogen) atoms. The lowest BCUT2D eigenvalue weighted by Gasteiger charge is -2.12. The molecule has 4 nitrogen and oxygen atoms in total. The number of aliphatic carboxylic acids is 1. The molecule has 0 bridgehead atoms. The topological polar surface area (TPSA) is 66.4 Å². The first-order chi connectivity index (χ1) is 12.4. The van der Waals surface area contributed by atoms with Crippen molar-refractivity contribution in [2.75, 3.05) is 0 Å². The fourth-order valence-corrected chi connectivity index (χ4v) is 3.71. The number of amides is 1. The second kappa shape index (κ2) is 7.45. The van der Waals surface area contributed by atoms with Crippen LogP contribution in [-0.2, 0) is 4.79 Å². The van der Waals surface area contributed by atoms with Gasteiger partial charge in [0.2, 0.25) is 0 Å². The molecule has 3 unspecified atom stereocenters. The van der Waals surface area contributed by atoms with Gasteiger partial charge in [-0.25, -0.2) is 8.78 Å². The average Bonchev–Trinajstić information content (AvgIpc) is 3.33. The molecule has 2 aromatic carbocycles. The molecule has 0 saturated heterocycles. The fourth-order valence-electron chi connectivity index (χ4n) is 2.78. The summed E-state index contributed by atoms with van der Waals surface area (Å²) in [5.41, 5.74) is 0.352. The standard InChI is InChI=1S/C19H17F2NO3S/c1-10(19(24)25)26-16-8-3-2-5-11(16)18(23)22-15-9-12(15)17-13(20)6-4-7-14(17)21/h2-8,10,12,15H,9H2,1H3,(H,22,23)(H,24,25). The second-order valence-corrected chi connectivity index (χ2v) is 7.53. The van der Waals surface area contributed by atoms with E-state index in [0.29, 0.717) is 16.9 Å². The lowest BCUT2D eigenvalue weighted by molar-refractivity contribution is -0.136. The Hall–Kier alpha value is -2.41. The number of thioether (sulfide) groups is 1. The Morgan fingerprint density at radius 1 is 1.15 bits per heavy atom. The number of benzene rings is 2. The van der Waals surface area contributed by atoms with Crippen LogP contribution in [0.3, 0.4) is 0 Å². The Morgan fingerprint density at radius 3 is 2.46 bits per heavy atom. The molecule has 7 heteroatoms. The first-order valence-electron chi connectivity index (χ1n) is 8.11. The van der Waals surface area contributed by atoms with Crippen LogP contribution < -0.4 is 5.32 Å². The van der Waals surface area contributed by atoms with Crippen LogP contribution in [0.2, 0.25) is 0 Å². The van der Waals surface area contributed by atoms with E-state index in [1.807, 2.05) is 0 Å². The molecule has 3 atom stereocenters. The first kappa shape index (κ1) is 18.4. The van der Waals surface area contributed by atoms with Crippen LogP contribution in [0.15, 0.2) is 47.4 Å². The van der Waals surface area contributed by atoms with Gasteiger partial charge in [-0.15, -0.1) is 11.8 Å². The predicted molar refractivity (Wildman–Crippen MR) is 94.4 cm³/mol. The normalized spacial score (nSPS) is 19.7. The van der Waals surface area contributed by atoms with E-state index < -0.39 is 28.8 Å². The quantitative estimate of drug-likeness (QED) is 0.751. The van der Waals surface area contributed by atoms with Crippen LogP contribution in [-0.4, -0.2) is 28.3 Å². The molecule has 2 N–H and O–H groups in total. The molecular formula is C19H17F2NO3S. The van der Waals surface area contributed by atoms with E-state index >= 15 is 0 Å². The van der Waals surface area contributed by atoms with Crippen molar-refractivity contribution in [3.63, 3.8) is 0 Å². The zero-order valence-electron chi connectivity index (χ0n) is 13.9. The van der Waals surface area contributed by atoms with Gasteiger partial charge in [-0.05, 0) is 37.6 Å². The van der Waals surface area contributed by atoms with E-state index in [4.69, 9.17) is 5.11 Å². The summed E-state index contributed by atoms with van der Waals surface area (Å²) in [6.45, 7) is 1.54. The zero-order chi connectivity index (χ0) is 18.8. The molecule has 0 aromatic heterocycles.